The van der Waals surface area contributed by atoms with Gasteiger partial charge in [-0.15, -0.1) is 0 Å². The van der Waals surface area contributed by atoms with Gasteiger partial charge < -0.3 is 29.7 Å². The number of para-hydroxylation sites is 1. The number of hydrogen-bond acceptors (Lipinski definition) is 6. The molecule has 3 N–H and O–H groups in total. The van der Waals surface area contributed by atoms with Crippen LogP contribution in [0.3, 0.4) is 0 Å². The number of carbonyl (C=O) groups excluding carboxylic acids is 1. The lowest BCUT2D eigenvalue weighted by molar-refractivity contribution is 0.0686. The monoisotopic (exact) mass is 583 g/mol. The van der Waals surface area contributed by atoms with E-state index in [2.05, 4.69) is 5.32 Å². The van der Waals surface area contributed by atoms with Crippen LogP contribution in [-0.4, -0.2) is 47.9 Å². The molecule has 9 heteroatoms. The summed E-state index contributed by atoms with van der Waals surface area (Å²) in [6.45, 7) is 3.38. The van der Waals surface area contributed by atoms with Crippen molar-refractivity contribution in [1.29, 1.82) is 0 Å². The van der Waals surface area contributed by atoms with Gasteiger partial charge in [0.1, 0.15) is 17.2 Å². The lowest BCUT2D eigenvalue weighted by Crippen LogP contribution is -2.16. The van der Waals surface area contributed by atoms with Crippen LogP contribution in [0.15, 0.2) is 97.1 Å². The predicted molar refractivity (Wildman–Crippen MR) is 162 cm³/mol. The summed E-state index contributed by atoms with van der Waals surface area (Å²) in [6.07, 6.45) is 1.71. The van der Waals surface area contributed by atoms with Crippen LogP contribution < -0.4 is 19.5 Å². The Labute approximate surface area is 249 Å². The van der Waals surface area contributed by atoms with E-state index in [0.29, 0.717) is 18.9 Å². The predicted octanol–water partition coefficient (Wildman–Crippen LogP) is 6.76. The summed E-state index contributed by atoms with van der Waals surface area (Å²) in [4.78, 5) is 35.8. The van der Waals surface area contributed by atoms with Gasteiger partial charge in [-0.3, -0.25) is 4.79 Å². The number of rotatable bonds is 15. The maximum absolute atomic E-state index is 13.1. The van der Waals surface area contributed by atoms with Gasteiger partial charge in [0.25, 0.3) is 5.91 Å². The molecule has 0 heterocycles. The molecule has 1 atom stereocenters. The minimum absolute atomic E-state index is 0.0442. The maximum Gasteiger partial charge on any atom is 0.335 e. The number of carboxylic acid groups (broad SMARTS) is 2. The first-order valence-electron chi connectivity index (χ1n) is 13.9. The number of anilines is 1. The third-order valence-corrected chi connectivity index (χ3v) is 6.60. The van der Waals surface area contributed by atoms with Crippen molar-refractivity contribution in [2.75, 3.05) is 25.1 Å². The van der Waals surface area contributed by atoms with Gasteiger partial charge in [-0.2, -0.15) is 0 Å². The molecule has 0 aliphatic carbocycles. The molecule has 0 radical (unpaired) electrons. The van der Waals surface area contributed by atoms with E-state index >= 15 is 0 Å². The third kappa shape index (κ3) is 9.09. The van der Waals surface area contributed by atoms with E-state index in [9.17, 15) is 19.5 Å². The molecule has 222 valence electrons. The number of carboxylic acids is 2. The van der Waals surface area contributed by atoms with Gasteiger partial charge in [-0.25, -0.2) is 9.59 Å². The van der Waals surface area contributed by atoms with E-state index in [4.69, 9.17) is 19.3 Å². The van der Waals surface area contributed by atoms with E-state index in [0.717, 1.165) is 29.9 Å². The number of aromatic carboxylic acids is 2. The van der Waals surface area contributed by atoms with Gasteiger partial charge in [0.15, 0.2) is 0 Å². The van der Waals surface area contributed by atoms with Crippen LogP contribution in [0, 0.1) is 0 Å². The Hall–Kier alpha value is -5.31. The molecule has 4 aromatic carbocycles. The number of nitrogens with one attached hydrogen (secondary N) is 1. The van der Waals surface area contributed by atoms with Crippen LogP contribution in [0.25, 0.3) is 0 Å². The summed E-state index contributed by atoms with van der Waals surface area (Å²) in [5.74, 6) is -1.10. The first kappa shape index (κ1) is 30.6. The molecule has 0 aromatic heterocycles. The molecule has 4 rings (SSSR count). The normalized spacial score (nSPS) is 11.3. The quantitative estimate of drug-likeness (QED) is 0.131. The lowest BCUT2D eigenvalue weighted by Gasteiger charge is -2.17. The number of hydrogen-bond donors (Lipinski definition) is 3. The fourth-order valence-electron chi connectivity index (χ4n) is 4.18. The topological polar surface area (TPSA) is 131 Å². The lowest BCUT2D eigenvalue weighted by atomic mass is 10.0. The van der Waals surface area contributed by atoms with Crippen LogP contribution in [0.4, 0.5) is 5.69 Å². The molecule has 43 heavy (non-hydrogen) atoms. The second kappa shape index (κ2) is 15.1. The molecule has 1 amide bonds. The number of benzene rings is 4. The van der Waals surface area contributed by atoms with E-state index in [1.165, 1.54) is 42.5 Å². The maximum atomic E-state index is 13.1. The average molecular weight is 584 g/mol. The van der Waals surface area contributed by atoms with E-state index in [-0.39, 0.29) is 35.0 Å². The highest BCUT2D eigenvalue weighted by Gasteiger charge is 2.18. The second-order valence-electron chi connectivity index (χ2n) is 9.85. The standard InChI is InChI=1S/C34H33NO8/c1-23(25-8-7-11-29(20-25)42-19-6-5-18-41-28-9-3-2-4-10-28)22-43-31-17-14-26(34(39)40)21-30(31)32(36)35-27-15-12-24(13-16-27)33(37)38/h2-4,7-17,20-21,23H,5-6,18-19,22H2,1H3,(H,35,36)(H,37,38)(H,39,40). The minimum Gasteiger partial charge on any atom is -0.494 e. The number of ether oxygens (including phenoxy) is 3. The van der Waals surface area contributed by atoms with E-state index < -0.39 is 17.8 Å². The summed E-state index contributed by atoms with van der Waals surface area (Å²) in [5.41, 5.74) is 1.39. The Bertz CT molecular complexity index is 1540. The highest BCUT2D eigenvalue weighted by Crippen LogP contribution is 2.26. The van der Waals surface area contributed by atoms with Crippen molar-refractivity contribution >= 4 is 23.5 Å². The van der Waals surface area contributed by atoms with Gasteiger partial charge >= 0.3 is 11.9 Å². The molecular weight excluding hydrogens is 550 g/mol. The van der Waals surface area contributed by atoms with Crippen molar-refractivity contribution in [3.05, 3.63) is 119 Å². The highest BCUT2D eigenvalue weighted by atomic mass is 16.5. The summed E-state index contributed by atoms with van der Waals surface area (Å²) < 4.78 is 17.7. The summed E-state index contributed by atoms with van der Waals surface area (Å²) >= 11 is 0. The molecule has 0 spiro atoms. The molecule has 0 saturated heterocycles. The highest BCUT2D eigenvalue weighted by molar-refractivity contribution is 6.07. The molecule has 0 aliphatic rings. The van der Waals surface area contributed by atoms with Crippen molar-refractivity contribution in [3.8, 4) is 17.2 Å². The zero-order chi connectivity index (χ0) is 30.6. The number of unbranched alkanes of at least 4 members (excludes halogenated alkanes) is 1. The first-order valence-corrected chi connectivity index (χ1v) is 13.9. The van der Waals surface area contributed by atoms with Crippen molar-refractivity contribution in [2.45, 2.75) is 25.7 Å². The zero-order valence-corrected chi connectivity index (χ0v) is 23.7. The fourth-order valence-corrected chi connectivity index (χ4v) is 4.18. The SMILES string of the molecule is CC(COc1ccc(C(=O)O)cc1C(=O)Nc1ccc(C(=O)O)cc1)c1cccc(OCCCCOc2ccccc2)c1. The molecule has 1 unspecified atom stereocenters. The van der Waals surface area contributed by atoms with Crippen LogP contribution in [0.1, 0.15) is 62.3 Å². The smallest absolute Gasteiger partial charge is 0.335 e. The Morgan fingerprint density at radius 2 is 1.33 bits per heavy atom. The Morgan fingerprint density at radius 1 is 0.698 bits per heavy atom. The Kier molecular flexibility index (Phi) is 10.7. The van der Waals surface area contributed by atoms with Crippen LogP contribution in [0.2, 0.25) is 0 Å². The van der Waals surface area contributed by atoms with Gasteiger partial charge in [0.05, 0.1) is 36.5 Å². The second-order valence-corrected chi connectivity index (χ2v) is 9.85. The van der Waals surface area contributed by atoms with Crippen LogP contribution >= 0.6 is 0 Å². The number of amides is 1. The third-order valence-electron chi connectivity index (χ3n) is 6.60. The van der Waals surface area contributed by atoms with Crippen molar-refractivity contribution in [1.82, 2.24) is 0 Å². The van der Waals surface area contributed by atoms with Gasteiger partial charge in [-0.1, -0.05) is 37.3 Å². The number of carbonyl (C=O) groups is 3. The zero-order valence-electron chi connectivity index (χ0n) is 23.7. The van der Waals surface area contributed by atoms with Gasteiger partial charge in [-0.05, 0) is 85.1 Å². The fraction of sp³-hybridized carbons (Fsp3) is 0.206. The summed E-state index contributed by atoms with van der Waals surface area (Å²) in [7, 11) is 0. The van der Waals surface area contributed by atoms with E-state index in [1.807, 2.05) is 61.5 Å². The largest absolute Gasteiger partial charge is 0.494 e. The molecular formula is C34H33NO8. The summed E-state index contributed by atoms with van der Waals surface area (Å²) in [6, 6.07) is 27.1. The average Bonchev–Trinajstić information content (AvgIpc) is 3.02. The molecule has 4 aromatic rings. The van der Waals surface area contributed by atoms with Crippen LogP contribution in [-0.2, 0) is 0 Å². The van der Waals surface area contributed by atoms with Crippen molar-refractivity contribution < 1.29 is 38.8 Å². The van der Waals surface area contributed by atoms with Crippen molar-refractivity contribution in [3.63, 3.8) is 0 Å². The summed E-state index contributed by atoms with van der Waals surface area (Å²) in [5, 5.41) is 21.2. The minimum atomic E-state index is -1.18. The molecule has 9 nitrogen and oxygen atoms in total. The Morgan fingerprint density at radius 3 is 2.00 bits per heavy atom. The molecule has 0 aliphatic heterocycles. The first-order chi connectivity index (χ1) is 20.8. The van der Waals surface area contributed by atoms with E-state index in [1.54, 1.807) is 0 Å². The van der Waals surface area contributed by atoms with Gasteiger partial charge in [0, 0.05) is 11.6 Å². The van der Waals surface area contributed by atoms with Crippen LogP contribution in [0.5, 0.6) is 17.2 Å². The molecule has 0 saturated carbocycles. The Balaban J connectivity index is 1.33. The van der Waals surface area contributed by atoms with Crippen molar-refractivity contribution in [2.24, 2.45) is 0 Å². The van der Waals surface area contributed by atoms with Gasteiger partial charge in [0.2, 0.25) is 0 Å². The molecule has 0 bridgehead atoms. The molecule has 0 fully saturated rings.